The second-order valence-corrected chi connectivity index (χ2v) is 7.90. The number of carbonyl (C=O) groups is 2. The van der Waals surface area contributed by atoms with Crippen LogP contribution in [-0.4, -0.2) is 11.6 Å². The molecule has 0 fully saturated rings. The molecular weight excluding hydrogens is 404 g/mol. The molecule has 0 aliphatic heterocycles. The first-order chi connectivity index (χ1) is 15.1. The maximum atomic E-state index is 12.1. The molecule has 0 aliphatic rings. The van der Waals surface area contributed by atoms with Crippen LogP contribution < -0.4 is 5.43 Å². The molecule has 1 aromatic heterocycles. The number of fused-ring (bicyclic) bond motifs is 2. The quantitative estimate of drug-likeness (QED) is 0.199. The average Bonchev–Trinajstić information content (AvgIpc) is 2.85. The normalized spacial score (nSPS) is 10.3. The van der Waals surface area contributed by atoms with Crippen LogP contribution in [0.25, 0.3) is 20.2 Å². The first kappa shape index (κ1) is 20.4. The number of hydrogen-bond acceptors (Lipinski definition) is 4. The summed E-state index contributed by atoms with van der Waals surface area (Å²) >= 11 is 1.67. The Balaban J connectivity index is 0.000000149. The molecular formula is C27H18O3S. The molecule has 0 unspecified atom stereocenters. The van der Waals surface area contributed by atoms with Gasteiger partial charge in [-0.05, 0) is 24.3 Å². The Morgan fingerprint density at radius 3 is 1.26 bits per heavy atom. The maximum Gasteiger partial charge on any atom is 0.233 e. The molecule has 4 heteroatoms. The highest BCUT2D eigenvalue weighted by atomic mass is 32.1. The molecule has 0 bridgehead atoms. The predicted octanol–water partition coefficient (Wildman–Crippen LogP) is 6.17. The van der Waals surface area contributed by atoms with E-state index in [0.29, 0.717) is 11.1 Å². The molecule has 0 amide bonds. The lowest BCUT2D eigenvalue weighted by molar-refractivity contribution is 0.0817. The van der Waals surface area contributed by atoms with Crippen molar-refractivity contribution >= 4 is 43.1 Å². The van der Waals surface area contributed by atoms with Crippen molar-refractivity contribution in [1.82, 2.24) is 0 Å². The van der Waals surface area contributed by atoms with Gasteiger partial charge in [0.2, 0.25) is 11.6 Å². The molecule has 0 saturated carbocycles. The Kier molecular flexibility index (Phi) is 6.11. The molecule has 4 aromatic carbocycles. The van der Waals surface area contributed by atoms with Crippen molar-refractivity contribution in [2.45, 2.75) is 0 Å². The van der Waals surface area contributed by atoms with Crippen molar-refractivity contribution in [3.63, 3.8) is 0 Å². The van der Waals surface area contributed by atoms with Crippen LogP contribution in [-0.2, 0) is 0 Å². The Labute approximate surface area is 183 Å². The molecule has 150 valence electrons. The highest BCUT2D eigenvalue weighted by molar-refractivity contribution is 7.24. The fourth-order valence-electron chi connectivity index (χ4n) is 3.19. The van der Waals surface area contributed by atoms with Crippen molar-refractivity contribution in [3.05, 3.63) is 131 Å². The van der Waals surface area contributed by atoms with E-state index in [9.17, 15) is 14.4 Å². The van der Waals surface area contributed by atoms with E-state index in [1.165, 1.54) is 0 Å². The minimum Gasteiger partial charge on any atom is -0.289 e. The van der Waals surface area contributed by atoms with E-state index in [-0.39, 0.29) is 5.43 Å². The van der Waals surface area contributed by atoms with Crippen molar-refractivity contribution in [2.75, 3.05) is 0 Å². The molecule has 0 spiro atoms. The first-order valence-electron chi connectivity index (χ1n) is 9.75. The monoisotopic (exact) mass is 422 g/mol. The zero-order valence-electron chi connectivity index (χ0n) is 16.5. The summed E-state index contributed by atoms with van der Waals surface area (Å²) in [5.41, 5.74) is 0.993. The van der Waals surface area contributed by atoms with Gasteiger partial charge in [-0.3, -0.25) is 14.4 Å². The third-order valence-corrected chi connectivity index (χ3v) is 5.91. The minimum atomic E-state index is -0.466. The Morgan fingerprint density at radius 1 is 0.484 bits per heavy atom. The fraction of sp³-hybridized carbons (Fsp3) is 0. The number of rotatable bonds is 3. The Bertz CT molecular complexity index is 1310. The van der Waals surface area contributed by atoms with Gasteiger partial charge < -0.3 is 0 Å². The van der Waals surface area contributed by atoms with Crippen molar-refractivity contribution < 1.29 is 9.59 Å². The number of hydrogen-bond donors (Lipinski definition) is 0. The fourth-order valence-corrected chi connectivity index (χ4v) is 4.26. The average molecular weight is 423 g/mol. The molecule has 5 aromatic rings. The second-order valence-electron chi connectivity index (χ2n) is 6.81. The number of benzene rings is 4. The SMILES string of the molecule is O=C(C(=O)c1ccccc1)c1ccccc1.O=c1c2ccccc2sc2ccccc12. The van der Waals surface area contributed by atoms with Crippen LogP contribution in [0.4, 0.5) is 0 Å². The molecule has 3 nitrogen and oxygen atoms in total. The first-order valence-corrected chi connectivity index (χ1v) is 10.6. The Morgan fingerprint density at radius 2 is 0.839 bits per heavy atom. The van der Waals surface area contributed by atoms with Crippen molar-refractivity contribution in [3.8, 4) is 0 Å². The van der Waals surface area contributed by atoms with E-state index in [4.69, 9.17) is 0 Å². The van der Waals surface area contributed by atoms with Crippen LogP contribution in [0.3, 0.4) is 0 Å². The maximum absolute atomic E-state index is 12.1. The van der Waals surface area contributed by atoms with Crippen LogP contribution in [0.2, 0.25) is 0 Å². The molecule has 5 rings (SSSR count). The van der Waals surface area contributed by atoms with Gasteiger partial charge in [-0.25, -0.2) is 0 Å². The predicted molar refractivity (Wildman–Crippen MR) is 127 cm³/mol. The van der Waals surface area contributed by atoms with E-state index in [2.05, 4.69) is 0 Å². The zero-order chi connectivity index (χ0) is 21.6. The van der Waals surface area contributed by atoms with Crippen LogP contribution in [0.1, 0.15) is 20.7 Å². The van der Waals surface area contributed by atoms with Gasteiger partial charge in [0.15, 0.2) is 5.43 Å². The molecule has 1 heterocycles. The molecule has 0 radical (unpaired) electrons. The van der Waals surface area contributed by atoms with E-state index < -0.39 is 11.6 Å². The van der Waals surface area contributed by atoms with E-state index in [1.54, 1.807) is 59.9 Å². The lowest BCUT2D eigenvalue weighted by Crippen LogP contribution is -2.14. The van der Waals surface area contributed by atoms with Crippen LogP contribution in [0, 0.1) is 0 Å². The number of Topliss-reactive ketones (excluding diaryl/α,β-unsaturated/α-hetero) is 2. The van der Waals surface area contributed by atoms with Gasteiger partial charge in [-0.15, -0.1) is 11.3 Å². The summed E-state index contributed by atoms with van der Waals surface area (Å²) in [4.78, 5) is 35.7. The van der Waals surface area contributed by atoms with Gasteiger partial charge in [0.05, 0.1) is 0 Å². The van der Waals surface area contributed by atoms with E-state index >= 15 is 0 Å². The summed E-state index contributed by atoms with van der Waals surface area (Å²) in [6, 6.07) is 32.7. The molecule has 31 heavy (non-hydrogen) atoms. The zero-order valence-corrected chi connectivity index (χ0v) is 17.3. The van der Waals surface area contributed by atoms with Gasteiger partial charge in [0, 0.05) is 31.3 Å². The highest BCUT2D eigenvalue weighted by Crippen LogP contribution is 2.23. The third kappa shape index (κ3) is 4.49. The third-order valence-electron chi connectivity index (χ3n) is 4.76. The van der Waals surface area contributed by atoms with Gasteiger partial charge in [0.25, 0.3) is 0 Å². The van der Waals surface area contributed by atoms with Crippen molar-refractivity contribution in [1.29, 1.82) is 0 Å². The highest BCUT2D eigenvalue weighted by Gasteiger charge is 2.17. The second kappa shape index (κ2) is 9.28. The lowest BCUT2D eigenvalue weighted by atomic mass is 10.0. The summed E-state index contributed by atoms with van der Waals surface area (Å²) in [5.74, 6) is -0.932. The molecule has 0 N–H and O–H groups in total. The summed E-state index contributed by atoms with van der Waals surface area (Å²) in [6.07, 6.45) is 0. The standard InChI is InChI=1S/C14H10O2.C13H8OS/c15-13(11-7-3-1-4-8-11)14(16)12-9-5-2-6-10-12;14-13-9-5-1-3-7-11(9)15-12-8-4-2-6-10(12)13/h1-10H;1-8H. The summed E-state index contributed by atoms with van der Waals surface area (Å²) < 4.78 is 2.11. The van der Waals surface area contributed by atoms with Crippen LogP contribution >= 0.6 is 11.3 Å². The Hall–Kier alpha value is -3.89. The number of carbonyl (C=O) groups excluding carboxylic acids is 2. The minimum absolute atomic E-state index is 0.139. The van der Waals surface area contributed by atoms with E-state index in [1.807, 2.05) is 60.7 Å². The van der Waals surface area contributed by atoms with E-state index in [0.717, 1.165) is 20.2 Å². The van der Waals surface area contributed by atoms with Crippen LogP contribution in [0.15, 0.2) is 114 Å². The van der Waals surface area contributed by atoms with Gasteiger partial charge in [-0.2, -0.15) is 0 Å². The molecule has 0 saturated heterocycles. The summed E-state index contributed by atoms with van der Waals surface area (Å²) in [6.45, 7) is 0. The molecule has 0 aliphatic carbocycles. The summed E-state index contributed by atoms with van der Waals surface area (Å²) in [7, 11) is 0. The van der Waals surface area contributed by atoms with Gasteiger partial charge in [0.1, 0.15) is 0 Å². The van der Waals surface area contributed by atoms with Crippen molar-refractivity contribution in [2.24, 2.45) is 0 Å². The number of ketones is 2. The topological polar surface area (TPSA) is 51.2 Å². The molecule has 0 atom stereocenters. The smallest absolute Gasteiger partial charge is 0.233 e. The lowest BCUT2D eigenvalue weighted by Gasteiger charge is -1.99. The largest absolute Gasteiger partial charge is 0.289 e. The van der Waals surface area contributed by atoms with Gasteiger partial charge >= 0.3 is 0 Å². The van der Waals surface area contributed by atoms with Gasteiger partial charge in [-0.1, -0.05) is 84.9 Å². The summed E-state index contributed by atoms with van der Waals surface area (Å²) in [5, 5.41) is 1.64. The van der Waals surface area contributed by atoms with Crippen LogP contribution in [0.5, 0.6) is 0 Å².